The van der Waals surface area contributed by atoms with Crippen LogP contribution >= 0.6 is 74.2 Å². The number of esters is 1. The maximum absolute atomic E-state index is 14.3. The average Bonchev–Trinajstić information content (AvgIpc) is 3.34. The predicted octanol–water partition coefficient (Wildman–Crippen LogP) is 4.24. The van der Waals surface area contributed by atoms with Crippen LogP contribution in [0.15, 0.2) is 47.9 Å². The first-order chi connectivity index (χ1) is 23.3. The van der Waals surface area contributed by atoms with Crippen molar-refractivity contribution in [3.8, 4) is 11.8 Å². The molecule has 4 rings (SSSR count). The van der Waals surface area contributed by atoms with Gasteiger partial charge in [-0.25, -0.2) is 14.1 Å². The van der Waals surface area contributed by atoms with Gasteiger partial charge in [0, 0.05) is 18.0 Å². The van der Waals surface area contributed by atoms with E-state index in [9.17, 15) is 33.3 Å². The molecule has 0 amide bonds. The van der Waals surface area contributed by atoms with Crippen molar-refractivity contribution in [1.82, 2.24) is 14.7 Å². The average molecular weight is 926 g/mol. The first-order valence-electron chi connectivity index (χ1n) is 13.9. The van der Waals surface area contributed by atoms with Gasteiger partial charge in [-0.3, -0.25) is 24.4 Å². The van der Waals surface area contributed by atoms with Crippen LogP contribution in [0.3, 0.4) is 0 Å². The number of carbonyl (C=O) groups excluding carboxylic acids is 1. The molecule has 1 aliphatic heterocycles. The minimum Gasteiger partial charge on any atom is -0.778 e. The zero-order chi connectivity index (χ0) is 38.2. The summed E-state index contributed by atoms with van der Waals surface area (Å²) in [5, 5.41) is 27.9. The van der Waals surface area contributed by atoms with Crippen LogP contribution in [0.25, 0.3) is 0 Å². The summed E-state index contributed by atoms with van der Waals surface area (Å²) < 4.78 is 33.2. The number of carboxylic acids is 1. The summed E-state index contributed by atoms with van der Waals surface area (Å²) >= 11 is 14.4. The van der Waals surface area contributed by atoms with E-state index in [1.165, 1.54) is 13.2 Å². The van der Waals surface area contributed by atoms with Gasteiger partial charge >= 0.3 is 16.8 Å². The Morgan fingerprint density at radius 3 is 2.28 bits per heavy atom. The number of nitrogens with zero attached hydrogens (tertiary/aromatic N) is 4. The molecule has 22 heteroatoms. The number of nitrogens with one attached hydrogen (secondary N) is 1. The summed E-state index contributed by atoms with van der Waals surface area (Å²) in [5.41, 5.74) is 0.584. The highest BCUT2D eigenvalue weighted by Crippen LogP contribution is 2.34. The topological polar surface area (TPSA) is 219 Å². The molecule has 276 valence electrons. The smallest absolute Gasteiger partial charge is 0.325 e. The molecule has 1 unspecified atom stereocenters. The number of hydrogen-bond acceptors (Lipinski definition) is 12. The van der Waals surface area contributed by atoms with E-state index in [1.807, 2.05) is 11.4 Å². The Kier molecular flexibility index (Phi) is 20.8. The van der Waals surface area contributed by atoms with Crippen LogP contribution in [-0.4, -0.2) is 80.9 Å². The Morgan fingerprint density at radius 1 is 1.22 bits per heavy atom. The zero-order valence-electron chi connectivity index (χ0n) is 27.0. The highest BCUT2D eigenvalue weighted by Gasteiger charge is 2.15. The molecule has 50 heavy (non-hydrogen) atoms. The summed E-state index contributed by atoms with van der Waals surface area (Å²) in [4.78, 5) is 56.3. The lowest BCUT2D eigenvalue weighted by Crippen LogP contribution is -2.31. The van der Waals surface area contributed by atoms with Crippen LogP contribution in [0, 0.1) is 17.1 Å². The molecule has 1 atom stereocenters. The summed E-state index contributed by atoms with van der Waals surface area (Å²) in [7, 11) is -2.41. The summed E-state index contributed by atoms with van der Waals surface area (Å²) in [6.45, 7) is 0.845. The van der Waals surface area contributed by atoms with Crippen molar-refractivity contribution in [2.24, 2.45) is 4.99 Å². The third kappa shape index (κ3) is 17.4. The van der Waals surface area contributed by atoms with E-state index in [4.69, 9.17) is 26.9 Å². The summed E-state index contributed by atoms with van der Waals surface area (Å²) in [5.74, 6) is -1.98. The van der Waals surface area contributed by atoms with E-state index in [2.05, 4.69) is 60.4 Å². The van der Waals surface area contributed by atoms with E-state index in [0.29, 0.717) is 48.2 Å². The summed E-state index contributed by atoms with van der Waals surface area (Å²) in [6, 6.07) is 7.72. The maximum Gasteiger partial charge on any atom is 0.325 e. The number of phenols is 1. The van der Waals surface area contributed by atoms with Gasteiger partial charge < -0.3 is 29.3 Å². The fourth-order valence-electron chi connectivity index (χ4n) is 3.36. The number of aliphatic carboxylic acids is 1. The molecule has 4 N–H and O–H groups in total. The molecule has 0 radical (unpaired) electrons. The lowest BCUT2D eigenvalue weighted by Gasteiger charge is -2.15. The normalized spacial score (nSPS) is 13.2. The van der Waals surface area contributed by atoms with Gasteiger partial charge in [-0.1, -0.05) is 11.6 Å². The Morgan fingerprint density at radius 2 is 1.78 bits per heavy atom. The first-order valence-corrected chi connectivity index (χ1v) is 21.8. The fraction of sp³-hybridized carbons (Fsp3) is 0.393. The monoisotopic (exact) mass is 923 g/mol. The number of aromatic hydroxyl groups is 1. The highest BCUT2D eigenvalue weighted by molar-refractivity contribution is 9.11. The van der Waals surface area contributed by atoms with Crippen molar-refractivity contribution in [1.29, 1.82) is 5.26 Å². The van der Waals surface area contributed by atoms with Gasteiger partial charge in [-0.15, -0.1) is 11.8 Å². The molecule has 14 nitrogen and oxygen atoms in total. The third-order valence-corrected chi connectivity index (χ3v) is 9.57. The molecular weight excluding hydrogens is 892 g/mol. The molecule has 1 aromatic heterocycles. The molecule has 3 aromatic rings. The molecule has 0 bridgehead atoms. The number of hydrogen-bond donors (Lipinski definition) is 4. The molecule has 2 heterocycles. The van der Waals surface area contributed by atoms with E-state index in [0.717, 1.165) is 42.0 Å². The van der Waals surface area contributed by atoms with Crippen molar-refractivity contribution in [2.75, 3.05) is 44.5 Å². The third-order valence-electron chi connectivity index (χ3n) is 5.42. The minimum absolute atomic E-state index is 0.0605. The van der Waals surface area contributed by atoms with Crippen LogP contribution < -0.4 is 19.9 Å². The summed E-state index contributed by atoms with van der Waals surface area (Å²) in [6.07, 6.45) is 7.77. The number of rotatable bonds is 8. The predicted molar refractivity (Wildman–Crippen MR) is 199 cm³/mol. The number of benzene rings is 2. The van der Waals surface area contributed by atoms with Crippen LogP contribution in [0.2, 0.25) is 5.02 Å². The number of nitriles is 1. The second kappa shape index (κ2) is 22.7. The number of halogens is 4. The molecule has 0 spiro atoms. The van der Waals surface area contributed by atoms with E-state index < -0.39 is 38.2 Å². The fourth-order valence-corrected chi connectivity index (χ4v) is 6.93. The Labute approximate surface area is 320 Å². The number of phenolic OH excluding ortho intramolecular Hbond substituents is 1. The standard InChI is InChI=1S/C15H15ClFN3O3S2.C7H3Br2NO.C3H8NO5P.C3H9S/c1-23-13(21)8-24-12-7-11(10(17)6-9(12)16)18-14-19-4-2-3-5-20(19)15(22)25-14;8-5-1-4(3-10)2-6(9)7(5)11;5-3(6)1-4-2-10(7,8)9;1-4(2)3/h6-7H,2-5,8H2,1H3;1-2,11H;4H,1-2H2,(H,5,6)(H2,7,8,9);1-3H3/q;;;+1/p-1. The van der Waals surface area contributed by atoms with E-state index in [-0.39, 0.29) is 27.1 Å². The SMILES string of the molecule is COC(=O)CSc1cc(N=c2sc(=O)n3n2CCCC3)c(F)cc1Cl.C[S+](C)C.N#Cc1cc(Br)c(O)c(Br)c1.O=C(O)CNCP(=O)([O-])O. The van der Waals surface area contributed by atoms with Gasteiger partial charge in [0.1, 0.15) is 24.8 Å². The second-order valence-corrected chi connectivity index (χ2v) is 18.1. The van der Waals surface area contributed by atoms with Gasteiger partial charge in [-0.05, 0) is 91.2 Å². The van der Waals surface area contributed by atoms with E-state index >= 15 is 0 Å². The maximum atomic E-state index is 14.3. The minimum atomic E-state index is -4.35. The second-order valence-electron chi connectivity index (χ2n) is 10.1. The quantitative estimate of drug-likeness (QED) is 0.108. The number of carbonyl (C=O) groups is 2. The lowest BCUT2D eigenvalue weighted by atomic mass is 10.2. The number of carboxylic acid groups (broad SMARTS) is 1. The molecular formula is C28H34Br2ClFN5O9PS3. The number of aromatic nitrogens is 2. The van der Waals surface area contributed by atoms with Gasteiger partial charge in [-0.2, -0.15) is 5.26 Å². The van der Waals surface area contributed by atoms with Crippen LogP contribution in [-0.2, 0) is 42.9 Å². The Hall–Kier alpha value is -2.18. The molecule has 0 saturated heterocycles. The number of ether oxygens (including phenoxy) is 1. The number of methoxy groups -OCH3 is 1. The molecule has 0 saturated carbocycles. The molecule has 0 fully saturated rings. The van der Waals surface area contributed by atoms with Gasteiger partial charge in [0.2, 0.25) is 4.80 Å². The van der Waals surface area contributed by atoms with Crippen molar-refractivity contribution >= 4 is 103 Å². The van der Waals surface area contributed by atoms with Crippen molar-refractivity contribution in [2.45, 2.75) is 30.8 Å². The van der Waals surface area contributed by atoms with Gasteiger partial charge in [0.05, 0.1) is 70.1 Å². The van der Waals surface area contributed by atoms with Crippen molar-refractivity contribution < 1.29 is 43.3 Å². The largest absolute Gasteiger partial charge is 0.778 e. The van der Waals surface area contributed by atoms with Crippen LogP contribution in [0.4, 0.5) is 10.1 Å². The number of fused-ring (bicyclic) bond motifs is 1. The van der Waals surface area contributed by atoms with Crippen molar-refractivity contribution in [3.63, 3.8) is 0 Å². The Bertz CT molecular complexity index is 1820. The highest BCUT2D eigenvalue weighted by atomic mass is 79.9. The van der Waals surface area contributed by atoms with Crippen LogP contribution in [0.5, 0.6) is 5.75 Å². The first kappa shape index (κ1) is 45.8. The van der Waals surface area contributed by atoms with Crippen molar-refractivity contribution in [3.05, 3.63) is 64.1 Å². The Balaban J connectivity index is 0.000000413. The number of thioether (sulfide) groups is 1. The van der Waals surface area contributed by atoms with E-state index in [1.54, 1.807) is 21.5 Å². The lowest BCUT2D eigenvalue weighted by molar-refractivity contribution is -0.193. The molecule has 1 aliphatic rings. The molecule has 0 aliphatic carbocycles. The molecule has 2 aromatic carbocycles. The van der Waals surface area contributed by atoms with Gasteiger partial charge in [0.15, 0.2) is 0 Å². The van der Waals surface area contributed by atoms with Gasteiger partial charge in [0.25, 0.3) is 0 Å². The van der Waals surface area contributed by atoms with Crippen LogP contribution in [0.1, 0.15) is 18.4 Å². The zero-order valence-corrected chi connectivity index (χ0v) is 34.3.